The zero-order valence-electron chi connectivity index (χ0n) is 6.21. The molecule has 2 radical (unpaired) electrons. The van der Waals surface area contributed by atoms with E-state index in [9.17, 15) is 0 Å². The Morgan fingerprint density at radius 1 is 0.778 bits per heavy atom. The molecule has 9 heavy (non-hydrogen) atoms. The molecule has 0 aliphatic rings. The summed E-state index contributed by atoms with van der Waals surface area (Å²) >= 11 is 0. The first-order chi connectivity index (χ1) is 3.13. The molecule has 0 aromatic carbocycles. The van der Waals surface area contributed by atoms with Crippen LogP contribution in [0.5, 0.6) is 0 Å². The lowest BCUT2D eigenvalue weighted by Gasteiger charge is -2.12. The molecule has 0 spiro atoms. The standard InChI is InChI=1S/C4H12N2Si.2ClH/c1-5(2)7-6(3)4;;/h1-4H3;2*1H. The zero-order valence-corrected chi connectivity index (χ0v) is 8.84. The molecule has 5 heteroatoms. The molecule has 2 nitrogen and oxygen atoms in total. The average molecular weight is 189 g/mol. The van der Waals surface area contributed by atoms with Gasteiger partial charge in [-0.25, -0.2) is 0 Å². The van der Waals surface area contributed by atoms with E-state index in [1.54, 1.807) is 0 Å². The zero-order chi connectivity index (χ0) is 5.86. The Bertz CT molecular complexity index is 45.8. The highest BCUT2D eigenvalue weighted by Gasteiger charge is 1.92. The van der Waals surface area contributed by atoms with Gasteiger partial charge in [-0.15, -0.1) is 24.8 Å². The van der Waals surface area contributed by atoms with Crippen molar-refractivity contribution in [3.8, 4) is 0 Å². The molecule has 0 aromatic rings. The van der Waals surface area contributed by atoms with Gasteiger partial charge >= 0.3 is 0 Å². The van der Waals surface area contributed by atoms with Crippen molar-refractivity contribution in [2.24, 2.45) is 0 Å². The first-order valence-electron chi connectivity index (χ1n) is 2.24. The SMILES string of the molecule is CN(C)[Si]N(C)C.Cl.Cl. The first-order valence-corrected chi connectivity index (χ1v) is 3.13. The molecule has 0 heterocycles. The van der Waals surface area contributed by atoms with Crippen LogP contribution in [0.3, 0.4) is 0 Å². The van der Waals surface area contributed by atoms with E-state index in [0.717, 1.165) is 9.84 Å². The molecule has 58 valence electrons. The molecule has 0 saturated carbocycles. The van der Waals surface area contributed by atoms with Gasteiger partial charge in [0.15, 0.2) is 0 Å². The van der Waals surface area contributed by atoms with Crippen LogP contribution in [0.1, 0.15) is 0 Å². The minimum absolute atomic E-state index is 0. The van der Waals surface area contributed by atoms with Gasteiger partial charge in [0.1, 0.15) is 0 Å². The molecule has 0 N–H and O–H groups in total. The quantitative estimate of drug-likeness (QED) is 0.583. The Morgan fingerprint density at radius 2 is 1.00 bits per heavy atom. The minimum Gasteiger partial charge on any atom is -0.318 e. The van der Waals surface area contributed by atoms with Crippen molar-refractivity contribution < 1.29 is 0 Å². The topological polar surface area (TPSA) is 6.48 Å². The predicted molar refractivity (Wildman–Crippen MR) is 47.6 cm³/mol. The van der Waals surface area contributed by atoms with E-state index in [1.807, 2.05) is 0 Å². The smallest absolute Gasteiger partial charge is 0.250 e. The van der Waals surface area contributed by atoms with Crippen LogP contribution in [0.2, 0.25) is 0 Å². The van der Waals surface area contributed by atoms with Gasteiger partial charge in [0.05, 0.1) is 0 Å². The Balaban J connectivity index is -0.000000180. The van der Waals surface area contributed by atoms with Crippen molar-refractivity contribution in [3.05, 3.63) is 0 Å². The highest BCUT2D eigenvalue weighted by Crippen LogP contribution is 1.70. The number of hydrogen-bond donors (Lipinski definition) is 0. The lowest BCUT2D eigenvalue weighted by Crippen LogP contribution is -2.31. The lowest BCUT2D eigenvalue weighted by molar-refractivity contribution is 0.549. The van der Waals surface area contributed by atoms with Crippen LogP contribution in [0.4, 0.5) is 0 Å². The second kappa shape index (κ2) is 8.72. The van der Waals surface area contributed by atoms with Gasteiger partial charge < -0.3 is 9.13 Å². The van der Waals surface area contributed by atoms with E-state index in [-0.39, 0.29) is 24.8 Å². The van der Waals surface area contributed by atoms with E-state index < -0.39 is 0 Å². The molecule has 0 aliphatic heterocycles. The van der Waals surface area contributed by atoms with Crippen LogP contribution in [-0.4, -0.2) is 47.2 Å². The number of halogens is 2. The second-order valence-corrected chi connectivity index (χ2v) is 3.88. The van der Waals surface area contributed by atoms with Crippen molar-refractivity contribution in [2.75, 3.05) is 28.2 Å². The van der Waals surface area contributed by atoms with Gasteiger partial charge in [-0.05, 0) is 28.2 Å². The van der Waals surface area contributed by atoms with Crippen molar-refractivity contribution in [1.29, 1.82) is 0 Å². The Kier molecular flexibility index (Phi) is 15.9. The Labute approximate surface area is 72.4 Å². The molecule has 0 fully saturated rings. The fourth-order valence-corrected chi connectivity index (χ4v) is 1.20. The maximum atomic E-state index is 2.15. The third kappa shape index (κ3) is 17.7. The molecular formula is C4H14Cl2N2Si. The first kappa shape index (κ1) is 16.4. The Hall–Kier alpha value is 0.717. The summed E-state index contributed by atoms with van der Waals surface area (Å²) in [5.41, 5.74) is 0. The normalized spacial score (nSPS) is 8.67. The highest BCUT2D eigenvalue weighted by molar-refractivity contribution is 6.27. The maximum Gasteiger partial charge on any atom is 0.250 e. The largest absolute Gasteiger partial charge is 0.318 e. The lowest BCUT2D eigenvalue weighted by atomic mass is 11.3. The number of rotatable bonds is 2. The van der Waals surface area contributed by atoms with Crippen LogP contribution in [-0.2, 0) is 0 Å². The van der Waals surface area contributed by atoms with Crippen LogP contribution < -0.4 is 0 Å². The van der Waals surface area contributed by atoms with Gasteiger partial charge in [-0.3, -0.25) is 0 Å². The predicted octanol–water partition coefficient (Wildman–Crippen LogP) is 0.487. The summed E-state index contributed by atoms with van der Waals surface area (Å²) in [4.78, 5) is 0. The van der Waals surface area contributed by atoms with Gasteiger partial charge in [-0.2, -0.15) is 0 Å². The summed E-state index contributed by atoms with van der Waals surface area (Å²) in [6, 6.07) is 0. The summed E-state index contributed by atoms with van der Waals surface area (Å²) in [6.45, 7) is 0. The van der Waals surface area contributed by atoms with Crippen molar-refractivity contribution >= 4 is 34.7 Å². The molecule has 0 aliphatic carbocycles. The van der Waals surface area contributed by atoms with Crippen molar-refractivity contribution in [3.63, 3.8) is 0 Å². The molecular weight excluding hydrogens is 175 g/mol. The maximum absolute atomic E-state index is 2.15. The average Bonchev–Trinajstić information content (AvgIpc) is 1.27. The number of nitrogens with zero attached hydrogens (tertiary/aromatic N) is 2. The Morgan fingerprint density at radius 3 is 1.00 bits per heavy atom. The van der Waals surface area contributed by atoms with Gasteiger partial charge in [0, 0.05) is 0 Å². The van der Waals surface area contributed by atoms with E-state index >= 15 is 0 Å². The van der Waals surface area contributed by atoms with Gasteiger partial charge in [0.2, 0.25) is 9.84 Å². The van der Waals surface area contributed by atoms with E-state index in [4.69, 9.17) is 0 Å². The summed E-state index contributed by atoms with van der Waals surface area (Å²) in [6.07, 6.45) is 0. The highest BCUT2D eigenvalue weighted by atomic mass is 35.5. The monoisotopic (exact) mass is 188 g/mol. The summed E-state index contributed by atoms with van der Waals surface area (Å²) in [7, 11) is 9.08. The van der Waals surface area contributed by atoms with Gasteiger partial charge in [-0.1, -0.05) is 0 Å². The molecule has 0 unspecified atom stereocenters. The number of hydrogen-bond acceptors (Lipinski definition) is 2. The molecule has 0 saturated heterocycles. The molecule has 0 bridgehead atoms. The van der Waals surface area contributed by atoms with Gasteiger partial charge in [0.25, 0.3) is 0 Å². The van der Waals surface area contributed by atoms with E-state index in [2.05, 4.69) is 37.3 Å². The van der Waals surface area contributed by atoms with Crippen LogP contribution in [0.15, 0.2) is 0 Å². The van der Waals surface area contributed by atoms with E-state index in [1.165, 1.54) is 0 Å². The fraction of sp³-hybridized carbons (Fsp3) is 1.00. The summed E-state index contributed by atoms with van der Waals surface area (Å²) in [5.74, 6) is 0. The molecule has 0 rings (SSSR count). The van der Waals surface area contributed by atoms with Crippen molar-refractivity contribution in [1.82, 2.24) is 9.13 Å². The summed E-state index contributed by atoms with van der Waals surface area (Å²) < 4.78 is 4.31. The van der Waals surface area contributed by atoms with Crippen LogP contribution >= 0.6 is 24.8 Å². The minimum atomic E-state index is 0. The van der Waals surface area contributed by atoms with Crippen LogP contribution in [0.25, 0.3) is 0 Å². The molecule has 0 amide bonds. The van der Waals surface area contributed by atoms with Crippen LogP contribution in [0, 0.1) is 0 Å². The van der Waals surface area contributed by atoms with Crippen molar-refractivity contribution in [2.45, 2.75) is 0 Å². The fourth-order valence-electron chi connectivity index (χ4n) is 0.400. The third-order valence-corrected chi connectivity index (χ3v) is 1.20. The second-order valence-electron chi connectivity index (χ2n) is 1.89. The third-order valence-electron chi connectivity index (χ3n) is 0.400. The molecule has 0 aromatic heterocycles. The summed E-state index contributed by atoms with van der Waals surface area (Å²) in [5, 5.41) is 0. The molecule has 0 atom stereocenters. The van der Waals surface area contributed by atoms with E-state index in [0.29, 0.717) is 0 Å².